The van der Waals surface area contributed by atoms with E-state index in [4.69, 9.17) is 14.3 Å². The quantitative estimate of drug-likeness (QED) is 0.838. The molecule has 0 radical (unpaired) electrons. The predicted octanol–water partition coefficient (Wildman–Crippen LogP) is 1.42. The van der Waals surface area contributed by atoms with Crippen molar-refractivity contribution in [3.05, 3.63) is 18.2 Å². The van der Waals surface area contributed by atoms with Crippen LogP contribution >= 0.6 is 0 Å². The first kappa shape index (κ1) is 14.1. The first-order valence-corrected chi connectivity index (χ1v) is 7.41. The normalized spacial score (nSPS) is 17.2. The first-order chi connectivity index (χ1) is 9.09. The summed E-state index contributed by atoms with van der Waals surface area (Å²) in [5.41, 5.74) is 0. The molecule has 0 aliphatic carbocycles. The molecule has 0 aromatic heterocycles. The Morgan fingerprint density at radius 3 is 2.47 bits per heavy atom. The summed E-state index contributed by atoms with van der Waals surface area (Å²) in [6.45, 7) is 0.795. The average molecular weight is 287 g/mol. The van der Waals surface area contributed by atoms with Crippen molar-refractivity contribution in [1.82, 2.24) is 4.47 Å². The van der Waals surface area contributed by atoms with E-state index in [9.17, 15) is 8.42 Å². The van der Waals surface area contributed by atoms with Gasteiger partial charge >= 0.3 is 0 Å². The molecule has 1 aromatic rings. The maximum atomic E-state index is 12.4. The van der Waals surface area contributed by atoms with E-state index in [-0.39, 0.29) is 4.90 Å². The van der Waals surface area contributed by atoms with Gasteiger partial charge in [0.25, 0.3) is 10.0 Å². The summed E-state index contributed by atoms with van der Waals surface area (Å²) in [6.07, 6.45) is 1.67. The van der Waals surface area contributed by atoms with Gasteiger partial charge < -0.3 is 9.47 Å². The zero-order valence-corrected chi connectivity index (χ0v) is 11.8. The molecule has 0 saturated carbocycles. The minimum Gasteiger partial charge on any atom is -0.493 e. The van der Waals surface area contributed by atoms with Gasteiger partial charge in [0.05, 0.1) is 25.7 Å². The number of methoxy groups -OCH3 is 2. The van der Waals surface area contributed by atoms with E-state index in [1.807, 2.05) is 0 Å². The van der Waals surface area contributed by atoms with Crippen molar-refractivity contribution >= 4 is 10.0 Å². The molecule has 1 aliphatic rings. The minimum atomic E-state index is -3.64. The summed E-state index contributed by atoms with van der Waals surface area (Å²) in [4.78, 5) is 5.33. The van der Waals surface area contributed by atoms with E-state index in [0.29, 0.717) is 24.7 Å². The number of hydrogen-bond acceptors (Lipinski definition) is 5. The summed E-state index contributed by atoms with van der Waals surface area (Å²) < 4.78 is 36.0. The van der Waals surface area contributed by atoms with Gasteiger partial charge in [-0.3, -0.25) is 4.84 Å². The summed E-state index contributed by atoms with van der Waals surface area (Å²) in [7, 11) is -0.680. The lowest BCUT2D eigenvalue weighted by atomic mass is 10.3. The van der Waals surface area contributed by atoms with Gasteiger partial charge in [-0.15, -0.1) is 0 Å². The summed E-state index contributed by atoms with van der Waals surface area (Å²) in [5, 5.41) is 0. The highest BCUT2D eigenvalue weighted by Gasteiger charge is 2.28. The molecule has 6 nitrogen and oxygen atoms in total. The molecule has 1 aromatic carbocycles. The number of ether oxygens (including phenoxy) is 2. The minimum absolute atomic E-state index is 0.132. The molecular formula is C12H17NO5S. The van der Waals surface area contributed by atoms with Crippen LogP contribution in [-0.4, -0.2) is 40.3 Å². The summed E-state index contributed by atoms with van der Waals surface area (Å²) in [6, 6.07) is 4.48. The number of sulfonamides is 1. The van der Waals surface area contributed by atoms with Gasteiger partial charge in [0, 0.05) is 12.6 Å². The van der Waals surface area contributed by atoms with Crippen molar-refractivity contribution in [2.75, 3.05) is 27.4 Å². The Bertz CT molecular complexity index is 537. The van der Waals surface area contributed by atoms with E-state index < -0.39 is 10.0 Å². The van der Waals surface area contributed by atoms with Crippen molar-refractivity contribution in [2.24, 2.45) is 0 Å². The van der Waals surface area contributed by atoms with Crippen LogP contribution in [-0.2, 0) is 14.9 Å². The molecule has 0 unspecified atom stereocenters. The molecule has 1 saturated heterocycles. The summed E-state index contributed by atoms with van der Waals surface area (Å²) in [5.74, 6) is 0.863. The molecule has 1 fully saturated rings. The van der Waals surface area contributed by atoms with Gasteiger partial charge in [0.1, 0.15) is 0 Å². The lowest BCUT2D eigenvalue weighted by Gasteiger charge is -2.25. The second kappa shape index (κ2) is 5.77. The number of rotatable bonds is 4. The Kier molecular flexibility index (Phi) is 4.28. The van der Waals surface area contributed by atoms with Gasteiger partial charge in [0.15, 0.2) is 11.5 Å². The Labute approximate surface area is 112 Å². The largest absolute Gasteiger partial charge is 0.493 e. The molecule has 2 rings (SSSR count). The van der Waals surface area contributed by atoms with E-state index in [1.54, 1.807) is 6.07 Å². The van der Waals surface area contributed by atoms with Gasteiger partial charge in [-0.1, -0.05) is 4.47 Å². The molecule has 0 spiro atoms. The van der Waals surface area contributed by atoms with Crippen LogP contribution in [0.2, 0.25) is 0 Å². The SMILES string of the molecule is COc1ccc(S(=O)(=O)N2CCCCO2)cc1OC. The smallest absolute Gasteiger partial charge is 0.265 e. The maximum absolute atomic E-state index is 12.4. The standard InChI is InChI=1S/C12H17NO5S/c1-16-11-6-5-10(9-12(11)17-2)19(14,15)13-7-3-4-8-18-13/h5-6,9H,3-4,7-8H2,1-2H3. The number of nitrogens with zero attached hydrogens (tertiary/aromatic N) is 1. The van der Waals surface area contributed by atoms with Crippen molar-refractivity contribution in [3.8, 4) is 11.5 Å². The zero-order chi connectivity index (χ0) is 13.9. The van der Waals surface area contributed by atoms with E-state index in [2.05, 4.69) is 0 Å². The van der Waals surface area contributed by atoms with Crippen LogP contribution < -0.4 is 9.47 Å². The van der Waals surface area contributed by atoms with Crippen LogP contribution in [0, 0.1) is 0 Å². The lowest BCUT2D eigenvalue weighted by molar-refractivity contribution is -0.108. The molecule has 106 valence electrons. The van der Waals surface area contributed by atoms with E-state index in [1.165, 1.54) is 26.4 Å². The molecular weight excluding hydrogens is 270 g/mol. The molecule has 7 heteroatoms. The van der Waals surface area contributed by atoms with Gasteiger partial charge in [-0.2, -0.15) is 0 Å². The predicted molar refractivity (Wildman–Crippen MR) is 68.6 cm³/mol. The van der Waals surface area contributed by atoms with Crippen LogP contribution in [0.15, 0.2) is 23.1 Å². The molecule has 0 N–H and O–H groups in total. The van der Waals surface area contributed by atoms with Crippen LogP contribution in [0.3, 0.4) is 0 Å². The Morgan fingerprint density at radius 2 is 1.89 bits per heavy atom. The van der Waals surface area contributed by atoms with Crippen LogP contribution in [0.5, 0.6) is 11.5 Å². The molecule has 0 amide bonds. The Morgan fingerprint density at radius 1 is 1.16 bits per heavy atom. The third-order valence-electron chi connectivity index (χ3n) is 2.89. The number of hydrogen-bond donors (Lipinski definition) is 0. The second-order valence-corrected chi connectivity index (χ2v) is 5.92. The monoisotopic (exact) mass is 287 g/mol. The number of benzene rings is 1. The highest BCUT2D eigenvalue weighted by molar-refractivity contribution is 7.89. The molecule has 0 bridgehead atoms. The first-order valence-electron chi connectivity index (χ1n) is 5.97. The highest BCUT2D eigenvalue weighted by atomic mass is 32.2. The van der Waals surface area contributed by atoms with Crippen LogP contribution in [0.1, 0.15) is 12.8 Å². The fourth-order valence-corrected chi connectivity index (χ4v) is 3.17. The van der Waals surface area contributed by atoms with Gasteiger partial charge in [0.2, 0.25) is 0 Å². The fraction of sp³-hybridized carbons (Fsp3) is 0.500. The van der Waals surface area contributed by atoms with E-state index >= 15 is 0 Å². The van der Waals surface area contributed by atoms with Crippen molar-refractivity contribution in [1.29, 1.82) is 0 Å². The zero-order valence-electron chi connectivity index (χ0n) is 11.0. The average Bonchev–Trinajstić information content (AvgIpc) is 2.47. The molecule has 0 atom stereocenters. The summed E-state index contributed by atoms with van der Waals surface area (Å²) >= 11 is 0. The van der Waals surface area contributed by atoms with Crippen LogP contribution in [0.4, 0.5) is 0 Å². The third kappa shape index (κ3) is 2.83. The van der Waals surface area contributed by atoms with Crippen molar-refractivity contribution < 1.29 is 22.7 Å². The molecule has 1 aliphatic heterocycles. The molecule has 19 heavy (non-hydrogen) atoms. The molecule has 1 heterocycles. The van der Waals surface area contributed by atoms with E-state index in [0.717, 1.165) is 17.3 Å². The van der Waals surface area contributed by atoms with Crippen LogP contribution in [0.25, 0.3) is 0 Å². The Balaban J connectivity index is 2.34. The van der Waals surface area contributed by atoms with Gasteiger partial charge in [-0.05, 0) is 25.0 Å². The number of hydroxylamine groups is 1. The second-order valence-electron chi connectivity index (χ2n) is 4.09. The van der Waals surface area contributed by atoms with Crippen molar-refractivity contribution in [3.63, 3.8) is 0 Å². The van der Waals surface area contributed by atoms with Crippen molar-refractivity contribution in [2.45, 2.75) is 17.7 Å². The Hall–Kier alpha value is -1.31. The lowest BCUT2D eigenvalue weighted by Crippen LogP contribution is -2.35. The van der Waals surface area contributed by atoms with Gasteiger partial charge in [-0.25, -0.2) is 8.42 Å². The third-order valence-corrected chi connectivity index (χ3v) is 4.57. The fourth-order valence-electron chi connectivity index (χ4n) is 1.86. The topological polar surface area (TPSA) is 65.1 Å². The highest BCUT2D eigenvalue weighted by Crippen LogP contribution is 2.31. The maximum Gasteiger partial charge on any atom is 0.265 e.